The van der Waals surface area contributed by atoms with Gasteiger partial charge in [-0.1, -0.05) is 67.9 Å². The molecule has 10 nitrogen and oxygen atoms in total. The average Bonchev–Trinajstić information content (AvgIpc) is 2.93. The quantitative estimate of drug-likeness (QED) is 0.269. The predicted molar refractivity (Wildman–Crippen MR) is 152 cm³/mol. The van der Waals surface area contributed by atoms with E-state index >= 15 is 0 Å². The van der Waals surface area contributed by atoms with E-state index in [1.54, 1.807) is 44.2 Å². The van der Waals surface area contributed by atoms with Gasteiger partial charge in [-0.2, -0.15) is 0 Å². The van der Waals surface area contributed by atoms with Crippen LogP contribution >= 0.6 is 0 Å². The number of carbonyl (C=O) groups excluding carboxylic acids is 4. The summed E-state index contributed by atoms with van der Waals surface area (Å²) in [7, 11) is 1.50. The van der Waals surface area contributed by atoms with Crippen LogP contribution in [-0.2, 0) is 30.3 Å². The fourth-order valence-corrected chi connectivity index (χ4v) is 4.38. The summed E-state index contributed by atoms with van der Waals surface area (Å²) >= 11 is 0. The van der Waals surface area contributed by atoms with E-state index in [4.69, 9.17) is 9.47 Å². The Bertz CT molecular complexity index is 1440. The van der Waals surface area contributed by atoms with E-state index in [1.165, 1.54) is 7.11 Å². The standard InChI is InChI=1S/C31H34N2O8/c1-18(2)29(33-27(35)15-21-14-19(3)12-13-26(21)40-4)30(38)32-24(16-28(36)37)25(34)17-41-31(39)23-11-7-9-20-8-5-6-10-22(20)23/h5-14,18,24,29H,15-17H2,1-4H3,(H,32,38)(H,33,35)(H,36,37)/t24?,29-/m0/s1. The zero-order chi connectivity index (χ0) is 30.1. The molecule has 2 amide bonds. The zero-order valence-electron chi connectivity index (χ0n) is 23.4. The largest absolute Gasteiger partial charge is 0.496 e. The summed E-state index contributed by atoms with van der Waals surface area (Å²) in [5.41, 5.74) is 1.82. The van der Waals surface area contributed by atoms with Crippen LogP contribution in [0.1, 0.15) is 41.8 Å². The van der Waals surface area contributed by atoms with E-state index in [1.807, 2.05) is 37.3 Å². The number of hydrogen-bond donors (Lipinski definition) is 3. The summed E-state index contributed by atoms with van der Waals surface area (Å²) in [6.45, 7) is 4.55. The maximum absolute atomic E-state index is 13.1. The van der Waals surface area contributed by atoms with E-state index in [2.05, 4.69) is 10.6 Å². The van der Waals surface area contributed by atoms with E-state index < -0.39 is 54.6 Å². The number of methoxy groups -OCH3 is 1. The van der Waals surface area contributed by atoms with Crippen molar-refractivity contribution < 1.29 is 38.6 Å². The maximum atomic E-state index is 13.1. The first-order chi connectivity index (χ1) is 19.5. The van der Waals surface area contributed by atoms with E-state index in [0.717, 1.165) is 10.9 Å². The Labute approximate surface area is 238 Å². The molecular weight excluding hydrogens is 528 g/mol. The summed E-state index contributed by atoms with van der Waals surface area (Å²) in [5, 5.41) is 15.9. The highest BCUT2D eigenvalue weighted by molar-refractivity contribution is 6.05. The lowest BCUT2D eigenvalue weighted by atomic mass is 10.0. The van der Waals surface area contributed by atoms with Gasteiger partial charge >= 0.3 is 11.9 Å². The molecule has 0 heterocycles. The van der Waals surface area contributed by atoms with Gasteiger partial charge in [-0.25, -0.2) is 4.79 Å². The maximum Gasteiger partial charge on any atom is 0.339 e. The van der Waals surface area contributed by atoms with Crippen LogP contribution in [0.3, 0.4) is 0 Å². The highest BCUT2D eigenvalue weighted by Gasteiger charge is 2.31. The third-order valence-electron chi connectivity index (χ3n) is 6.49. The van der Waals surface area contributed by atoms with Gasteiger partial charge in [0.15, 0.2) is 12.4 Å². The number of carboxylic acids is 1. The third kappa shape index (κ3) is 8.38. The Morgan fingerprint density at radius 3 is 2.32 bits per heavy atom. The molecule has 1 unspecified atom stereocenters. The van der Waals surface area contributed by atoms with Crippen molar-refractivity contribution in [2.75, 3.05) is 13.7 Å². The van der Waals surface area contributed by atoms with Crippen LogP contribution in [0.25, 0.3) is 10.8 Å². The van der Waals surface area contributed by atoms with Crippen LogP contribution in [0, 0.1) is 12.8 Å². The van der Waals surface area contributed by atoms with Crippen molar-refractivity contribution in [2.45, 2.75) is 45.7 Å². The predicted octanol–water partition coefficient (Wildman–Crippen LogP) is 3.23. The molecule has 0 fully saturated rings. The Morgan fingerprint density at radius 2 is 1.63 bits per heavy atom. The number of hydrogen-bond acceptors (Lipinski definition) is 7. The molecule has 2 atom stereocenters. The van der Waals surface area contributed by atoms with E-state index in [-0.39, 0.29) is 17.9 Å². The molecule has 41 heavy (non-hydrogen) atoms. The molecule has 0 bridgehead atoms. The second-order valence-electron chi connectivity index (χ2n) is 10.0. The lowest BCUT2D eigenvalue weighted by Crippen LogP contribution is -2.54. The highest BCUT2D eigenvalue weighted by atomic mass is 16.5. The molecule has 0 saturated carbocycles. The molecule has 3 rings (SSSR count). The zero-order valence-corrected chi connectivity index (χ0v) is 23.4. The summed E-state index contributed by atoms with van der Waals surface area (Å²) < 4.78 is 10.5. The number of amides is 2. The number of aryl methyl sites for hydroxylation is 1. The van der Waals surface area contributed by atoms with Gasteiger partial charge in [0.05, 0.1) is 25.5 Å². The summed E-state index contributed by atoms with van der Waals surface area (Å²) in [5.74, 6) is -3.93. The Hall–Kier alpha value is -4.73. The molecule has 216 valence electrons. The first-order valence-corrected chi connectivity index (χ1v) is 13.1. The lowest BCUT2D eigenvalue weighted by Gasteiger charge is -2.24. The van der Waals surface area contributed by atoms with Crippen molar-refractivity contribution in [2.24, 2.45) is 5.92 Å². The smallest absolute Gasteiger partial charge is 0.339 e. The fourth-order valence-electron chi connectivity index (χ4n) is 4.38. The number of aliphatic carboxylic acids is 1. The van der Waals surface area contributed by atoms with Crippen LogP contribution in [0.5, 0.6) is 5.75 Å². The highest BCUT2D eigenvalue weighted by Crippen LogP contribution is 2.21. The Morgan fingerprint density at radius 1 is 0.927 bits per heavy atom. The molecule has 0 saturated heterocycles. The number of ketones is 1. The number of ether oxygens (including phenoxy) is 2. The number of carboxylic acid groups (broad SMARTS) is 1. The van der Waals surface area contributed by atoms with Crippen molar-refractivity contribution in [1.82, 2.24) is 10.6 Å². The summed E-state index contributed by atoms with van der Waals surface area (Å²) in [6, 6.07) is 15.1. The topological polar surface area (TPSA) is 148 Å². The van der Waals surface area contributed by atoms with Crippen LogP contribution in [-0.4, -0.2) is 60.4 Å². The van der Waals surface area contributed by atoms with Gasteiger partial charge in [0.1, 0.15) is 17.8 Å². The second-order valence-corrected chi connectivity index (χ2v) is 10.0. The van der Waals surface area contributed by atoms with Gasteiger partial charge < -0.3 is 25.2 Å². The van der Waals surface area contributed by atoms with Crippen LogP contribution in [0.15, 0.2) is 60.7 Å². The van der Waals surface area contributed by atoms with E-state index in [0.29, 0.717) is 16.7 Å². The number of carbonyl (C=O) groups is 5. The number of nitrogens with one attached hydrogen (secondary N) is 2. The van der Waals surface area contributed by atoms with E-state index in [9.17, 15) is 29.1 Å². The van der Waals surface area contributed by atoms with Gasteiger partial charge in [-0.05, 0) is 35.7 Å². The molecular formula is C31H34N2O8. The third-order valence-corrected chi connectivity index (χ3v) is 6.49. The monoisotopic (exact) mass is 562 g/mol. The van der Waals surface area contributed by atoms with Crippen LogP contribution < -0.4 is 15.4 Å². The molecule has 3 aromatic rings. The molecule has 10 heteroatoms. The number of fused-ring (bicyclic) bond motifs is 1. The van der Waals surface area contributed by atoms with Gasteiger partial charge in [0.2, 0.25) is 11.8 Å². The second kappa shape index (κ2) is 14.1. The normalized spacial score (nSPS) is 12.3. The minimum absolute atomic E-state index is 0.0526. The van der Waals surface area contributed by atoms with Crippen molar-refractivity contribution >= 4 is 40.3 Å². The van der Waals surface area contributed by atoms with Gasteiger partial charge in [0, 0.05) is 5.56 Å². The molecule has 0 spiro atoms. The van der Waals surface area contributed by atoms with Crippen molar-refractivity contribution in [1.29, 1.82) is 0 Å². The molecule has 0 aliphatic carbocycles. The SMILES string of the molecule is COc1ccc(C)cc1CC(=O)N[C@H](C(=O)NC(CC(=O)O)C(=O)COC(=O)c1cccc2ccccc12)C(C)C. The summed E-state index contributed by atoms with van der Waals surface area (Å²) in [4.78, 5) is 63.1. The first-order valence-electron chi connectivity index (χ1n) is 13.1. The summed E-state index contributed by atoms with van der Waals surface area (Å²) in [6.07, 6.45) is -0.779. The molecule has 0 aromatic heterocycles. The molecule has 3 N–H and O–H groups in total. The lowest BCUT2D eigenvalue weighted by molar-refractivity contribution is -0.141. The minimum Gasteiger partial charge on any atom is -0.496 e. The van der Waals surface area contributed by atoms with Crippen molar-refractivity contribution in [3.63, 3.8) is 0 Å². The first kappa shape index (κ1) is 30.8. The number of Topliss-reactive ketones (excluding diaryl/α,β-unsaturated/α-hetero) is 1. The van der Waals surface area contributed by atoms with Crippen molar-refractivity contribution in [3.8, 4) is 5.75 Å². The number of benzene rings is 3. The number of esters is 1. The van der Waals surface area contributed by atoms with Gasteiger partial charge in [-0.3, -0.25) is 19.2 Å². The number of rotatable bonds is 13. The molecule has 0 aliphatic heterocycles. The molecule has 3 aromatic carbocycles. The van der Waals surface area contributed by atoms with Gasteiger partial charge in [-0.15, -0.1) is 0 Å². The average molecular weight is 563 g/mol. The van der Waals surface area contributed by atoms with Crippen molar-refractivity contribution in [3.05, 3.63) is 77.4 Å². The van der Waals surface area contributed by atoms with Crippen LogP contribution in [0.2, 0.25) is 0 Å². The Balaban J connectivity index is 1.67. The minimum atomic E-state index is -1.48. The van der Waals surface area contributed by atoms with Gasteiger partial charge in [0.25, 0.3) is 0 Å². The molecule has 0 radical (unpaired) electrons. The fraction of sp³-hybridized carbons (Fsp3) is 0.323. The Kier molecular flexibility index (Phi) is 10.6. The molecule has 0 aliphatic rings. The van der Waals surface area contributed by atoms with Crippen LogP contribution in [0.4, 0.5) is 0 Å².